The summed E-state index contributed by atoms with van der Waals surface area (Å²) >= 11 is 1.76. The Balaban J connectivity index is 1.83. The summed E-state index contributed by atoms with van der Waals surface area (Å²) in [6, 6.07) is 0.565. The van der Waals surface area contributed by atoms with Crippen LogP contribution in [0.3, 0.4) is 0 Å². The Morgan fingerprint density at radius 2 is 2.19 bits per heavy atom. The molecule has 118 valence electrons. The van der Waals surface area contributed by atoms with Gasteiger partial charge in [-0.05, 0) is 32.6 Å². The lowest BCUT2D eigenvalue weighted by Gasteiger charge is -2.30. The zero-order chi connectivity index (χ0) is 15.2. The Hall–Kier alpha value is -1.10. The summed E-state index contributed by atoms with van der Waals surface area (Å²) in [6.07, 6.45) is 6.54. The first-order chi connectivity index (χ1) is 10.1. The monoisotopic (exact) mass is 308 g/mol. The van der Waals surface area contributed by atoms with Crippen molar-refractivity contribution in [2.75, 3.05) is 7.05 Å². The van der Waals surface area contributed by atoms with E-state index >= 15 is 0 Å². The number of aryl methyl sites for hydroxylation is 2. The van der Waals surface area contributed by atoms with Crippen LogP contribution in [0.4, 0.5) is 0 Å². The summed E-state index contributed by atoms with van der Waals surface area (Å²) in [5, 5.41) is 8.10. The fourth-order valence-corrected chi connectivity index (χ4v) is 3.83. The van der Waals surface area contributed by atoms with Gasteiger partial charge in [0, 0.05) is 18.0 Å². The van der Waals surface area contributed by atoms with Gasteiger partial charge in [0.05, 0.1) is 12.2 Å². The van der Waals surface area contributed by atoms with E-state index in [1.54, 1.807) is 11.3 Å². The molecule has 1 fully saturated rings. The maximum atomic E-state index is 4.56. The molecule has 0 saturated heterocycles. The third-order valence-electron chi connectivity index (χ3n) is 4.40. The van der Waals surface area contributed by atoms with Crippen molar-refractivity contribution in [3.05, 3.63) is 15.6 Å². The van der Waals surface area contributed by atoms with E-state index in [2.05, 4.69) is 41.4 Å². The van der Waals surface area contributed by atoms with Gasteiger partial charge in [-0.2, -0.15) is 0 Å². The highest BCUT2D eigenvalue weighted by Gasteiger charge is 2.21. The third kappa shape index (κ3) is 4.70. The van der Waals surface area contributed by atoms with Gasteiger partial charge >= 0.3 is 0 Å². The highest BCUT2D eigenvalue weighted by Crippen LogP contribution is 2.26. The molecule has 0 aliphatic heterocycles. The maximum absolute atomic E-state index is 4.56. The largest absolute Gasteiger partial charge is 0.354 e. The molecule has 2 N–H and O–H groups in total. The van der Waals surface area contributed by atoms with Gasteiger partial charge in [0.25, 0.3) is 0 Å². The number of thiazole rings is 1. The number of nitrogens with one attached hydrogen (secondary N) is 2. The van der Waals surface area contributed by atoms with E-state index in [9.17, 15) is 0 Å². The quantitative estimate of drug-likeness (QED) is 0.662. The number of nitrogens with zero attached hydrogens (tertiary/aromatic N) is 2. The van der Waals surface area contributed by atoms with Crippen molar-refractivity contribution in [3.63, 3.8) is 0 Å². The van der Waals surface area contributed by atoms with Crippen LogP contribution in [0.15, 0.2) is 4.99 Å². The zero-order valence-electron chi connectivity index (χ0n) is 13.7. The van der Waals surface area contributed by atoms with Crippen molar-refractivity contribution in [2.24, 2.45) is 10.9 Å². The predicted molar refractivity (Wildman–Crippen MR) is 91.0 cm³/mol. The molecule has 1 aliphatic carbocycles. The first-order valence-electron chi connectivity index (χ1n) is 8.02. The van der Waals surface area contributed by atoms with Crippen molar-refractivity contribution in [1.82, 2.24) is 15.6 Å². The molecular weight excluding hydrogens is 280 g/mol. The smallest absolute Gasteiger partial charge is 0.191 e. The number of hydrogen-bond acceptors (Lipinski definition) is 3. The molecule has 1 saturated carbocycles. The lowest BCUT2D eigenvalue weighted by atomic mass is 9.84. The summed E-state index contributed by atoms with van der Waals surface area (Å²) < 4.78 is 0. The van der Waals surface area contributed by atoms with Gasteiger partial charge < -0.3 is 10.6 Å². The van der Waals surface area contributed by atoms with Gasteiger partial charge in [0.15, 0.2) is 5.96 Å². The van der Waals surface area contributed by atoms with Gasteiger partial charge in [-0.3, -0.25) is 4.99 Å². The van der Waals surface area contributed by atoms with E-state index in [0.717, 1.165) is 29.1 Å². The van der Waals surface area contributed by atoms with Crippen LogP contribution in [0, 0.1) is 19.8 Å². The molecule has 21 heavy (non-hydrogen) atoms. The molecule has 1 aliphatic rings. The van der Waals surface area contributed by atoms with E-state index in [4.69, 9.17) is 0 Å². The second kappa shape index (κ2) is 7.78. The molecule has 0 radical (unpaired) electrons. The fourth-order valence-electron chi connectivity index (χ4n) is 2.95. The Kier molecular flexibility index (Phi) is 6.03. The second-order valence-electron chi connectivity index (χ2n) is 5.96. The number of rotatable bonds is 4. The van der Waals surface area contributed by atoms with Gasteiger partial charge in [0.1, 0.15) is 5.01 Å². The SMILES string of the molecule is CCC1CCCC(NC(=NC)NCc2nc(C)c(C)s2)C1. The summed E-state index contributed by atoms with van der Waals surface area (Å²) in [7, 11) is 1.84. The minimum absolute atomic E-state index is 0.565. The first kappa shape index (κ1) is 16.3. The molecule has 1 heterocycles. The van der Waals surface area contributed by atoms with Crippen LogP contribution in [0.5, 0.6) is 0 Å². The summed E-state index contributed by atoms with van der Waals surface area (Å²) in [6.45, 7) is 7.24. The van der Waals surface area contributed by atoms with Crippen LogP contribution < -0.4 is 10.6 Å². The van der Waals surface area contributed by atoms with E-state index < -0.39 is 0 Å². The standard InChI is InChI=1S/C16H28N4S/c1-5-13-7-6-8-14(9-13)20-16(17-4)18-10-15-19-11(2)12(3)21-15/h13-14H,5-10H2,1-4H3,(H2,17,18,20). The molecule has 4 nitrogen and oxygen atoms in total. The maximum Gasteiger partial charge on any atom is 0.191 e. The highest BCUT2D eigenvalue weighted by molar-refractivity contribution is 7.11. The molecule has 0 bridgehead atoms. The summed E-state index contributed by atoms with van der Waals surface area (Å²) in [4.78, 5) is 10.2. The van der Waals surface area contributed by atoms with Gasteiger partial charge in [0.2, 0.25) is 0 Å². The van der Waals surface area contributed by atoms with E-state index in [1.165, 1.54) is 37.0 Å². The number of aromatic nitrogens is 1. The van der Waals surface area contributed by atoms with Crippen LogP contribution in [-0.2, 0) is 6.54 Å². The van der Waals surface area contributed by atoms with Gasteiger partial charge in [-0.25, -0.2) is 4.98 Å². The lowest BCUT2D eigenvalue weighted by Crippen LogP contribution is -2.45. The lowest BCUT2D eigenvalue weighted by molar-refractivity contribution is 0.298. The fraction of sp³-hybridized carbons (Fsp3) is 0.750. The van der Waals surface area contributed by atoms with E-state index in [0.29, 0.717) is 6.04 Å². The molecular formula is C16H28N4S. The molecule has 0 aromatic carbocycles. The Morgan fingerprint density at radius 1 is 1.38 bits per heavy atom. The molecule has 1 aromatic rings. The summed E-state index contributed by atoms with van der Waals surface area (Å²) in [5.41, 5.74) is 1.14. The van der Waals surface area contributed by atoms with E-state index in [1.807, 2.05) is 7.05 Å². The van der Waals surface area contributed by atoms with Crippen molar-refractivity contribution >= 4 is 17.3 Å². The first-order valence-corrected chi connectivity index (χ1v) is 8.84. The number of aliphatic imine (C=N–C) groups is 1. The minimum atomic E-state index is 0.565. The molecule has 2 atom stereocenters. The van der Waals surface area contributed by atoms with Gasteiger partial charge in [-0.1, -0.05) is 26.2 Å². The van der Waals surface area contributed by atoms with E-state index in [-0.39, 0.29) is 0 Å². The molecule has 0 amide bonds. The minimum Gasteiger partial charge on any atom is -0.354 e. The molecule has 2 unspecified atom stereocenters. The number of guanidine groups is 1. The van der Waals surface area contributed by atoms with Crippen LogP contribution in [0.1, 0.15) is 54.6 Å². The Morgan fingerprint density at radius 3 is 2.81 bits per heavy atom. The highest BCUT2D eigenvalue weighted by atomic mass is 32.1. The topological polar surface area (TPSA) is 49.3 Å². The average Bonchev–Trinajstić information content (AvgIpc) is 2.82. The van der Waals surface area contributed by atoms with Crippen molar-refractivity contribution in [1.29, 1.82) is 0 Å². The molecule has 0 spiro atoms. The zero-order valence-corrected chi connectivity index (χ0v) is 14.5. The predicted octanol–water partition coefficient (Wildman–Crippen LogP) is 3.39. The normalized spacial score (nSPS) is 23.1. The van der Waals surface area contributed by atoms with Crippen LogP contribution in [0.25, 0.3) is 0 Å². The molecule has 5 heteroatoms. The average molecular weight is 308 g/mol. The molecule has 2 rings (SSSR count). The second-order valence-corrected chi connectivity index (χ2v) is 7.24. The van der Waals surface area contributed by atoms with Crippen molar-refractivity contribution in [3.8, 4) is 0 Å². The van der Waals surface area contributed by atoms with Crippen LogP contribution in [-0.4, -0.2) is 24.0 Å². The molecule has 1 aromatic heterocycles. The van der Waals surface area contributed by atoms with Crippen molar-refractivity contribution in [2.45, 2.75) is 65.5 Å². The van der Waals surface area contributed by atoms with Crippen LogP contribution >= 0.6 is 11.3 Å². The van der Waals surface area contributed by atoms with Crippen molar-refractivity contribution < 1.29 is 0 Å². The summed E-state index contributed by atoms with van der Waals surface area (Å²) in [5.74, 6) is 1.78. The Bertz CT molecular complexity index is 461. The Labute approximate surface area is 132 Å². The van der Waals surface area contributed by atoms with Gasteiger partial charge in [-0.15, -0.1) is 11.3 Å². The van der Waals surface area contributed by atoms with Crippen LogP contribution in [0.2, 0.25) is 0 Å². The number of hydrogen-bond donors (Lipinski definition) is 2. The third-order valence-corrected chi connectivity index (χ3v) is 5.48.